The number of esters is 1. The second-order valence-corrected chi connectivity index (χ2v) is 12.1. The van der Waals surface area contributed by atoms with Crippen LogP contribution in [0.4, 0.5) is 0 Å². The summed E-state index contributed by atoms with van der Waals surface area (Å²) in [6.45, 7) is 1.33. The van der Waals surface area contributed by atoms with Crippen LogP contribution >= 0.6 is 43.2 Å². The standard InChI is InChI=1S/C30H22Br2N2O4S/c1-16(35)38-28-23(32)13-17(14-24(28)37-2)15-25-29(36)34-27(19-7-10-20(31)11-8-19)22-12-9-18-5-3-4-6-21(18)26(22)33-30(34)39-25/h3-8,10-11,13-15,27H,9,12H2,1-2H3/b25-15-/t27-/m0/s1. The average molecular weight is 666 g/mol. The van der Waals surface area contributed by atoms with Gasteiger partial charge in [-0.15, -0.1) is 0 Å². The number of hydrogen-bond acceptors (Lipinski definition) is 6. The van der Waals surface area contributed by atoms with Crippen molar-refractivity contribution in [3.63, 3.8) is 0 Å². The monoisotopic (exact) mass is 664 g/mol. The highest BCUT2D eigenvalue weighted by atomic mass is 79.9. The average Bonchev–Trinajstić information content (AvgIpc) is 3.23. The first-order valence-electron chi connectivity index (χ1n) is 12.3. The van der Waals surface area contributed by atoms with Crippen molar-refractivity contribution in [3.05, 3.63) is 117 Å². The first-order valence-corrected chi connectivity index (χ1v) is 14.7. The molecule has 0 saturated carbocycles. The van der Waals surface area contributed by atoms with Crippen LogP contribution in [0.1, 0.15) is 41.6 Å². The molecule has 0 saturated heterocycles. The van der Waals surface area contributed by atoms with Gasteiger partial charge in [-0.25, -0.2) is 4.99 Å². The molecule has 2 aliphatic rings. The first-order chi connectivity index (χ1) is 18.8. The van der Waals surface area contributed by atoms with Crippen LogP contribution in [-0.4, -0.2) is 17.6 Å². The minimum Gasteiger partial charge on any atom is -0.493 e. The van der Waals surface area contributed by atoms with Gasteiger partial charge in [-0.05, 0) is 81.4 Å². The molecule has 6 nitrogen and oxygen atoms in total. The fourth-order valence-corrected chi connectivity index (χ4v) is 6.99. The van der Waals surface area contributed by atoms with Crippen LogP contribution in [0, 0.1) is 0 Å². The van der Waals surface area contributed by atoms with Gasteiger partial charge in [-0.3, -0.25) is 14.2 Å². The molecule has 0 N–H and O–H groups in total. The molecule has 1 aromatic heterocycles. The number of fused-ring (bicyclic) bond motifs is 3. The summed E-state index contributed by atoms with van der Waals surface area (Å²) in [5, 5.41) is 0. The summed E-state index contributed by atoms with van der Waals surface area (Å²) in [6.07, 6.45) is 3.57. The third kappa shape index (κ3) is 4.73. The number of aryl methyl sites for hydroxylation is 1. The molecular weight excluding hydrogens is 644 g/mol. The number of rotatable bonds is 4. The third-order valence-electron chi connectivity index (χ3n) is 6.85. The van der Waals surface area contributed by atoms with Gasteiger partial charge in [-0.1, -0.05) is 63.7 Å². The Hall–Kier alpha value is -3.27. The zero-order chi connectivity index (χ0) is 27.3. The maximum absolute atomic E-state index is 14.0. The van der Waals surface area contributed by atoms with E-state index in [-0.39, 0.29) is 11.6 Å². The van der Waals surface area contributed by atoms with Gasteiger partial charge in [0.1, 0.15) is 0 Å². The Kier molecular flexibility index (Phi) is 6.91. The van der Waals surface area contributed by atoms with Gasteiger partial charge in [0, 0.05) is 17.0 Å². The van der Waals surface area contributed by atoms with Gasteiger partial charge in [-0.2, -0.15) is 0 Å². The summed E-state index contributed by atoms with van der Waals surface area (Å²) in [6, 6.07) is 19.8. The van der Waals surface area contributed by atoms with Crippen molar-refractivity contribution in [2.45, 2.75) is 25.8 Å². The molecule has 0 fully saturated rings. The molecule has 196 valence electrons. The SMILES string of the molecule is COc1cc(/C=c2\sc3n(c2=O)[C@@H](c2ccc(Br)cc2)C2=C(N=3)c3ccccc3CC2)cc(Br)c1OC(C)=O. The number of nitrogens with zero attached hydrogens (tertiary/aromatic N) is 2. The molecule has 0 spiro atoms. The van der Waals surface area contributed by atoms with Crippen molar-refractivity contribution < 1.29 is 14.3 Å². The lowest BCUT2D eigenvalue weighted by Crippen LogP contribution is -2.38. The van der Waals surface area contributed by atoms with E-state index >= 15 is 0 Å². The molecule has 0 amide bonds. The van der Waals surface area contributed by atoms with Crippen LogP contribution in [0.25, 0.3) is 11.8 Å². The van der Waals surface area contributed by atoms with Crippen molar-refractivity contribution in [1.82, 2.24) is 4.57 Å². The molecule has 4 aromatic rings. The number of thiazole rings is 1. The molecule has 2 heterocycles. The lowest BCUT2D eigenvalue weighted by atomic mass is 9.83. The topological polar surface area (TPSA) is 69.9 Å². The largest absolute Gasteiger partial charge is 0.493 e. The van der Waals surface area contributed by atoms with Gasteiger partial charge in [0.15, 0.2) is 16.3 Å². The predicted molar refractivity (Wildman–Crippen MR) is 159 cm³/mol. The highest BCUT2D eigenvalue weighted by Gasteiger charge is 2.32. The number of benzene rings is 3. The van der Waals surface area contributed by atoms with E-state index in [9.17, 15) is 9.59 Å². The number of allylic oxidation sites excluding steroid dienone is 1. The van der Waals surface area contributed by atoms with Crippen LogP contribution in [0.5, 0.6) is 11.5 Å². The molecule has 6 rings (SSSR count). The lowest BCUT2D eigenvalue weighted by molar-refractivity contribution is -0.132. The Morgan fingerprint density at radius 1 is 1.10 bits per heavy atom. The zero-order valence-electron chi connectivity index (χ0n) is 21.0. The minimum absolute atomic E-state index is 0.101. The van der Waals surface area contributed by atoms with E-state index in [1.54, 1.807) is 12.1 Å². The summed E-state index contributed by atoms with van der Waals surface area (Å²) < 4.78 is 14.7. The van der Waals surface area contributed by atoms with E-state index in [4.69, 9.17) is 14.5 Å². The van der Waals surface area contributed by atoms with E-state index in [0.717, 1.165) is 45.3 Å². The lowest BCUT2D eigenvalue weighted by Gasteiger charge is -2.30. The summed E-state index contributed by atoms with van der Waals surface area (Å²) in [5.74, 6) is 0.233. The third-order valence-corrected chi connectivity index (χ3v) is 8.95. The number of methoxy groups -OCH3 is 1. The highest BCUT2D eigenvalue weighted by Crippen LogP contribution is 2.41. The van der Waals surface area contributed by atoms with Gasteiger partial charge in [0.05, 0.1) is 27.9 Å². The minimum atomic E-state index is -0.450. The summed E-state index contributed by atoms with van der Waals surface area (Å²) in [7, 11) is 1.51. The van der Waals surface area contributed by atoms with Crippen molar-refractivity contribution in [2.75, 3.05) is 7.11 Å². The molecular formula is C30H22Br2N2O4S. The molecule has 1 aliphatic heterocycles. The Balaban J connectivity index is 1.56. The molecule has 9 heteroatoms. The summed E-state index contributed by atoms with van der Waals surface area (Å²) in [5.41, 5.74) is 6.21. The molecule has 0 bridgehead atoms. The van der Waals surface area contributed by atoms with Gasteiger partial charge in [0.25, 0.3) is 5.56 Å². The Labute approximate surface area is 245 Å². The summed E-state index contributed by atoms with van der Waals surface area (Å²) >= 11 is 8.38. The van der Waals surface area contributed by atoms with E-state index in [1.165, 1.54) is 30.9 Å². The van der Waals surface area contributed by atoms with Crippen molar-refractivity contribution in [3.8, 4) is 11.5 Å². The van der Waals surface area contributed by atoms with Gasteiger partial charge in [0.2, 0.25) is 0 Å². The molecule has 0 radical (unpaired) electrons. The van der Waals surface area contributed by atoms with Gasteiger partial charge < -0.3 is 9.47 Å². The van der Waals surface area contributed by atoms with Crippen LogP contribution < -0.4 is 24.4 Å². The van der Waals surface area contributed by atoms with E-state index < -0.39 is 5.97 Å². The maximum atomic E-state index is 14.0. The Morgan fingerprint density at radius 2 is 1.87 bits per heavy atom. The van der Waals surface area contributed by atoms with Crippen molar-refractivity contribution >= 4 is 60.9 Å². The number of carbonyl (C=O) groups excluding carboxylic acids is 1. The number of halogens is 2. The second kappa shape index (κ2) is 10.4. The molecule has 0 unspecified atom stereocenters. The number of aromatic nitrogens is 1. The van der Waals surface area contributed by atoms with Crippen LogP contribution in [0.3, 0.4) is 0 Å². The zero-order valence-corrected chi connectivity index (χ0v) is 25.0. The molecule has 3 aromatic carbocycles. The first kappa shape index (κ1) is 26.0. The fourth-order valence-electron chi connectivity index (χ4n) is 5.18. The van der Waals surface area contributed by atoms with Crippen LogP contribution in [0.15, 0.2) is 85.0 Å². The smallest absolute Gasteiger partial charge is 0.308 e. The number of hydrogen-bond donors (Lipinski definition) is 0. The predicted octanol–water partition coefficient (Wildman–Crippen LogP) is 5.78. The normalized spacial score (nSPS) is 16.2. The van der Waals surface area contributed by atoms with E-state index in [0.29, 0.717) is 25.3 Å². The maximum Gasteiger partial charge on any atom is 0.308 e. The highest BCUT2D eigenvalue weighted by molar-refractivity contribution is 9.10. The molecule has 39 heavy (non-hydrogen) atoms. The van der Waals surface area contributed by atoms with E-state index in [1.807, 2.05) is 28.8 Å². The van der Waals surface area contributed by atoms with Crippen molar-refractivity contribution in [1.29, 1.82) is 0 Å². The number of ether oxygens (including phenoxy) is 2. The van der Waals surface area contributed by atoms with Crippen LogP contribution in [0.2, 0.25) is 0 Å². The fraction of sp³-hybridized carbons (Fsp3) is 0.167. The Morgan fingerprint density at radius 3 is 2.62 bits per heavy atom. The quantitative estimate of drug-likeness (QED) is 0.205. The van der Waals surface area contributed by atoms with Crippen LogP contribution in [-0.2, 0) is 11.2 Å². The molecule has 1 atom stereocenters. The Bertz CT molecular complexity index is 1860. The van der Waals surface area contributed by atoms with Gasteiger partial charge >= 0.3 is 5.97 Å². The van der Waals surface area contributed by atoms with E-state index in [2.05, 4.69) is 62.2 Å². The second-order valence-electron chi connectivity index (χ2n) is 9.29. The van der Waals surface area contributed by atoms with Crippen molar-refractivity contribution in [2.24, 2.45) is 4.99 Å². The molecule has 1 aliphatic carbocycles. The number of carbonyl (C=O) groups is 1. The summed E-state index contributed by atoms with van der Waals surface area (Å²) in [4.78, 5) is 31.3.